The highest BCUT2D eigenvalue weighted by atomic mass is 16.5. The fourth-order valence-electron chi connectivity index (χ4n) is 2.48. The van der Waals surface area contributed by atoms with E-state index in [0.29, 0.717) is 12.6 Å². The summed E-state index contributed by atoms with van der Waals surface area (Å²) >= 11 is 0. The Kier molecular flexibility index (Phi) is 4.63. The minimum atomic E-state index is -0.0770. The molecule has 96 valence electrons. The van der Waals surface area contributed by atoms with Crippen LogP contribution in [-0.2, 0) is 4.74 Å². The first-order valence-electron chi connectivity index (χ1n) is 6.71. The van der Waals surface area contributed by atoms with Crippen LogP contribution in [0.15, 0.2) is 16.5 Å². The van der Waals surface area contributed by atoms with Crippen LogP contribution in [0, 0.1) is 6.92 Å². The highest BCUT2D eigenvalue weighted by Gasteiger charge is 2.20. The molecule has 0 aliphatic heterocycles. The van der Waals surface area contributed by atoms with Crippen molar-refractivity contribution in [3.05, 3.63) is 23.7 Å². The lowest BCUT2D eigenvalue weighted by Gasteiger charge is -2.21. The van der Waals surface area contributed by atoms with Crippen molar-refractivity contribution in [1.82, 2.24) is 0 Å². The maximum absolute atomic E-state index is 6.10. The maximum Gasteiger partial charge on any atom is 0.134 e. The molecule has 2 N–H and O–H groups in total. The van der Waals surface area contributed by atoms with Crippen molar-refractivity contribution in [2.75, 3.05) is 6.54 Å². The van der Waals surface area contributed by atoms with Gasteiger partial charge in [0, 0.05) is 6.54 Å². The molecule has 0 aromatic carbocycles. The van der Waals surface area contributed by atoms with Crippen LogP contribution < -0.4 is 5.73 Å². The molecule has 1 aromatic heterocycles. The van der Waals surface area contributed by atoms with Crippen molar-refractivity contribution >= 4 is 0 Å². The fourth-order valence-corrected chi connectivity index (χ4v) is 2.48. The highest BCUT2D eigenvalue weighted by Crippen LogP contribution is 2.26. The first kappa shape index (κ1) is 12.7. The lowest BCUT2D eigenvalue weighted by molar-refractivity contribution is -0.0263. The summed E-state index contributed by atoms with van der Waals surface area (Å²) in [7, 11) is 0. The van der Waals surface area contributed by atoms with E-state index in [2.05, 4.69) is 0 Å². The Labute approximate surface area is 103 Å². The molecule has 0 spiro atoms. The Morgan fingerprint density at radius 2 is 2.00 bits per heavy atom. The van der Waals surface area contributed by atoms with E-state index in [-0.39, 0.29) is 6.10 Å². The van der Waals surface area contributed by atoms with E-state index in [9.17, 15) is 0 Å². The van der Waals surface area contributed by atoms with Gasteiger partial charge >= 0.3 is 0 Å². The van der Waals surface area contributed by atoms with Crippen LogP contribution in [0.25, 0.3) is 0 Å². The summed E-state index contributed by atoms with van der Waals surface area (Å²) < 4.78 is 11.7. The Bertz CT molecular complexity index is 327. The summed E-state index contributed by atoms with van der Waals surface area (Å²) in [6.07, 6.45) is 7.84. The summed E-state index contributed by atoms with van der Waals surface area (Å²) in [5, 5.41) is 0. The molecule has 1 aliphatic rings. The van der Waals surface area contributed by atoms with E-state index in [4.69, 9.17) is 14.9 Å². The standard InChI is InChI=1S/C14H23NO2/c1-11-8-9-13(16-11)14(10-15)17-12-6-4-2-3-5-7-12/h8-9,12,14H,2-7,10,15H2,1H3. The zero-order valence-electron chi connectivity index (χ0n) is 10.7. The average Bonchev–Trinajstić information content (AvgIpc) is 2.62. The predicted molar refractivity (Wildman–Crippen MR) is 67.8 cm³/mol. The van der Waals surface area contributed by atoms with Crippen molar-refractivity contribution in [3.63, 3.8) is 0 Å². The molecule has 1 fully saturated rings. The van der Waals surface area contributed by atoms with Crippen molar-refractivity contribution in [3.8, 4) is 0 Å². The minimum absolute atomic E-state index is 0.0770. The van der Waals surface area contributed by atoms with Gasteiger partial charge in [0.25, 0.3) is 0 Å². The van der Waals surface area contributed by atoms with Gasteiger partial charge in [0.1, 0.15) is 17.6 Å². The number of rotatable bonds is 4. The van der Waals surface area contributed by atoms with E-state index in [1.54, 1.807) is 0 Å². The average molecular weight is 237 g/mol. The molecule has 2 rings (SSSR count). The van der Waals surface area contributed by atoms with Crippen LogP contribution in [0.4, 0.5) is 0 Å². The smallest absolute Gasteiger partial charge is 0.134 e. The predicted octanol–water partition coefficient (Wildman–Crippen LogP) is 3.33. The van der Waals surface area contributed by atoms with Crippen molar-refractivity contribution < 1.29 is 9.15 Å². The van der Waals surface area contributed by atoms with Gasteiger partial charge < -0.3 is 14.9 Å². The molecule has 0 radical (unpaired) electrons. The molecule has 0 saturated heterocycles. The van der Waals surface area contributed by atoms with E-state index < -0.39 is 0 Å². The number of aryl methyl sites for hydroxylation is 1. The largest absolute Gasteiger partial charge is 0.464 e. The molecule has 0 bridgehead atoms. The quantitative estimate of drug-likeness (QED) is 0.817. The lowest BCUT2D eigenvalue weighted by Crippen LogP contribution is -2.22. The SMILES string of the molecule is Cc1ccc(C(CN)OC2CCCCCC2)o1. The highest BCUT2D eigenvalue weighted by molar-refractivity contribution is 5.08. The summed E-state index contributed by atoms with van der Waals surface area (Å²) in [6.45, 7) is 2.44. The third-order valence-corrected chi connectivity index (χ3v) is 3.45. The van der Waals surface area contributed by atoms with Gasteiger partial charge in [-0.25, -0.2) is 0 Å². The zero-order valence-corrected chi connectivity index (χ0v) is 10.7. The topological polar surface area (TPSA) is 48.4 Å². The summed E-state index contributed by atoms with van der Waals surface area (Å²) in [5.41, 5.74) is 5.79. The molecule has 1 atom stereocenters. The molecule has 1 aliphatic carbocycles. The lowest BCUT2D eigenvalue weighted by atomic mass is 10.1. The Morgan fingerprint density at radius 3 is 2.53 bits per heavy atom. The molecule has 1 aromatic rings. The van der Waals surface area contributed by atoms with Crippen molar-refractivity contribution in [2.24, 2.45) is 5.73 Å². The van der Waals surface area contributed by atoms with Gasteiger partial charge in [-0.2, -0.15) is 0 Å². The summed E-state index contributed by atoms with van der Waals surface area (Å²) in [4.78, 5) is 0. The zero-order chi connectivity index (χ0) is 12.1. The van der Waals surface area contributed by atoms with Crippen LogP contribution in [-0.4, -0.2) is 12.6 Å². The van der Waals surface area contributed by atoms with Gasteiger partial charge in [-0.15, -0.1) is 0 Å². The summed E-state index contributed by atoms with van der Waals surface area (Å²) in [6, 6.07) is 3.94. The van der Waals surface area contributed by atoms with Gasteiger partial charge in [0.2, 0.25) is 0 Å². The van der Waals surface area contributed by atoms with E-state index >= 15 is 0 Å². The molecule has 1 heterocycles. The van der Waals surface area contributed by atoms with Crippen LogP contribution in [0.2, 0.25) is 0 Å². The van der Waals surface area contributed by atoms with Crippen molar-refractivity contribution in [1.29, 1.82) is 0 Å². The number of hydrogen-bond donors (Lipinski definition) is 1. The third kappa shape index (κ3) is 3.58. The Hall–Kier alpha value is -0.800. The molecule has 1 saturated carbocycles. The second kappa shape index (κ2) is 6.22. The van der Waals surface area contributed by atoms with Crippen LogP contribution in [0.1, 0.15) is 56.1 Å². The first-order chi connectivity index (χ1) is 8.29. The summed E-state index contributed by atoms with van der Waals surface area (Å²) in [5.74, 6) is 1.79. The molecular formula is C14H23NO2. The normalized spacial score (nSPS) is 20.1. The third-order valence-electron chi connectivity index (χ3n) is 3.45. The Morgan fingerprint density at radius 1 is 1.29 bits per heavy atom. The second-order valence-electron chi connectivity index (χ2n) is 4.92. The van der Waals surface area contributed by atoms with Gasteiger partial charge in [0.15, 0.2) is 0 Å². The van der Waals surface area contributed by atoms with Crippen LogP contribution >= 0.6 is 0 Å². The Balaban J connectivity index is 1.94. The monoisotopic (exact) mass is 237 g/mol. The number of hydrogen-bond acceptors (Lipinski definition) is 3. The molecule has 3 heteroatoms. The van der Waals surface area contributed by atoms with Crippen molar-refractivity contribution in [2.45, 2.75) is 57.7 Å². The van der Waals surface area contributed by atoms with Gasteiger partial charge in [0.05, 0.1) is 6.10 Å². The van der Waals surface area contributed by atoms with E-state index in [1.165, 1.54) is 25.7 Å². The van der Waals surface area contributed by atoms with E-state index in [1.807, 2.05) is 19.1 Å². The molecule has 17 heavy (non-hydrogen) atoms. The fraction of sp³-hybridized carbons (Fsp3) is 0.714. The number of furan rings is 1. The van der Waals surface area contributed by atoms with E-state index in [0.717, 1.165) is 24.4 Å². The number of nitrogens with two attached hydrogens (primary N) is 1. The van der Waals surface area contributed by atoms with Crippen LogP contribution in [0.3, 0.4) is 0 Å². The van der Waals surface area contributed by atoms with Gasteiger partial charge in [-0.3, -0.25) is 0 Å². The number of ether oxygens (including phenoxy) is 1. The molecule has 1 unspecified atom stereocenters. The van der Waals surface area contributed by atoms with Gasteiger partial charge in [-0.05, 0) is 31.9 Å². The maximum atomic E-state index is 6.10. The first-order valence-corrected chi connectivity index (χ1v) is 6.71. The van der Waals surface area contributed by atoms with Gasteiger partial charge in [-0.1, -0.05) is 25.7 Å². The molecule has 0 amide bonds. The van der Waals surface area contributed by atoms with Crippen LogP contribution in [0.5, 0.6) is 0 Å². The molecule has 3 nitrogen and oxygen atoms in total. The molecular weight excluding hydrogens is 214 g/mol. The second-order valence-corrected chi connectivity index (χ2v) is 4.92. The minimum Gasteiger partial charge on any atom is -0.464 e.